The Labute approximate surface area is 156 Å². The van der Waals surface area contributed by atoms with Crippen molar-refractivity contribution in [2.75, 3.05) is 18.5 Å². The largest absolute Gasteiger partial charge is 0.376 e. The summed E-state index contributed by atoms with van der Waals surface area (Å²) in [6.07, 6.45) is 1.66. The van der Waals surface area contributed by atoms with E-state index in [4.69, 9.17) is 27.9 Å². The third-order valence-corrected chi connectivity index (χ3v) is 5.56. The van der Waals surface area contributed by atoms with E-state index in [0.717, 1.165) is 30.7 Å². The monoisotopic (exact) mass is 376 g/mol. The first-order valence-corrected chi connectivity index (χ1v) is 9.13. The molecule has 1 saturated heterocycles. The van der Waals surface area contributed by atoms with Crippen LogP contribution in [0.3, 0.4) is 0 Å². The van der Waals surface area contributed by atoms with Crippen molar-refractivity contribution in [2.24, 2.45) is 0 Å². The van der Waals surface area contributed by atoms with E-state index < -0.39 is 0 Å². The molecule has 0 saturated carbocycles. The number of amides is 1. The van der Waals surface area contributed by atoms with Crippen molar-refractivity contribution in [2.45, 2.75) is 25.1 Å². The van der Waals surface area contributed by atoms with Crippen molar-refractivity contribution in [1.82, 2.24) is 4.90 Å². The highest BCUT2D eigenvalue weighted by Gasteiger charge is 2.36. The van der Waals surface area contributed by atoms with E-state index in [2.05, 4.69) is 5.32 Å². The van der Waals surface area contributed by atoms with Gasteiger partial charge in [0.1, 0.15) is 6.17 Å². The molecule has 2 aromatic carbocycles. The summed E-state index contributed by atoms with van der Waals surface area (Å²) >= 11 is 12.6. The van der Waals surface area contributed by atoms with Crippen LogP contribution in [-0.4, -0.2) is 30.1 Å². The van der Waals surface area contributed by atoms with E-state index in [1.54, 1.807) is 11.0 Å². The predicted octanol–water partition coefficient (Wildman–Crippen LogP) is 4.74. The summed E-state index contributed by atoms with van der Waals surface area (Å²) in [6.45, 7) is 1.27. The molecule has 0 radical (unpaired) electrons. The second-order valence-electron chi connectivity index (χ2n) is 6.33. The van der Waals surface area contributed by atoms with Gasteiger partial charge in [0.2, 0.25) is 0 Å². The second kappa shape index (κ2) is 6.87. The number of hydrogen-bond acceptors (Lipinski definition) is 3. The summed E-state index contributed by atoms with van der Waals surface area (Å²) in [7, 11) is 0. The van der Waals surface area contributed by atoms with Gasteiger partial charge in [-0.3, -0.25) is 4.79 Å². The fourth-order valence-corrected chi connectivity index (χ4v) is 3.88. The second-order valence-corrected chi connectivity index (χ2v) is 7.11. The molecule has 0 aliphatic carbocycles. The zero-order valence-electron chi connectivity index (χ0n) is 13.5. The van der Waals surface area contributed by atoms with Crippen molar-refractivity contribution in [3.63, 3.8) is 0 Å². The number of hydrogen-bond donors (Lipinski definition) is 1. The van der Waals surface area contributed by atoms with E-state index in [1.165, 1.54) is 0 Å². The molecule has 0 unspecified atom stereocenters. The van der Waals surface area contributed by atoms with E-state index in [1.807, 2.05) is 36.4 Å². The normalized spacial score (nSPS) is 22.6. The number of carbonyl (C=O) groups is 1. The fourth-order valence-electron chi connectivity index (χ4n) is 3.47. The lowest BCUT2D eigenvalue weighted by Crippen LogP contribution is -2.46. The Bertz CT molecular complexity index is 806. The van der Waals surface area contributed by atoms with Crippen LogP contribution in [0.5, 0.6) is 0 Å². The Kier molecular flexibility index (Phi) is 4.59. The summed E-state index contributed by atoms with van der Waals surface area (Å²) < 4.78 is 5.75. The highest BCUT2D eigenvalue weighted by atomic mass is 35.5. The number of ether oxygens (including phenoxy) is 1. The van der Waals surface area contributed by atoms with Gasteiger partial charge >= 0.3 is 0 Å². The van der Waals surface area contributed by atoms with Crippen LogP contribution in [0.1, 0.15) is 34.9 Å². The van der Waals surface area contributed by atoms with Gasteiger partial charge in [0.05, 0.1) is 21.7 Å². The zero-order valence-corrected chi connectivity index (χ0v) is 15.1. The molecule has 6 heteroatoms. The van der Waals surface area contributed by atoms with Crippen LogP contribution in [0.2, 0.25) is 10.0 Å². The number of halogens is 2. The summed E-state index contributed by atoms with van der Waals surface area (Å²) in [4.78, 5) is 14.9. The van der Waals surface area contributed by atoms with Crippen LogP contribution < -0.4 is 5.32 Å². The van der Waals surface area contributed by atoms with Crippen molar-refractivity contribution in [3.05, 3.63) is 63.6 Å². The van der Waals surface area contributed by atoms with Gasteiger partial charge in [-0.15, -0.1) is 0 Å². The maximum atomic E-state index is 13.1. The Morgan fingerprint density at radius 3 is 2.80 bits per heavy atom. The molecule has 2 atom stereocenters. The van der Waals surface area contributed by atoms with Gasteiger partial charge in [0.15, 0.2) is 0 Å². The van der Waals surface area contributed by atoms with Gasteiger partial charge in [0.25, 0.3) is 5.91 Å². The third-order valence-electron chi connectivity index (χ3n) is 4.72. The van der Waals surface area contributed by atoms with Gasteiger partial charge in [-0.05, 0) is 31.0 Å². The van der Waals surface area contributed by atoms with Gasteiger partial charge in [-0.25, -0.2) is 0 Å². The summed E-state index contributed by atoms with van der Waals surface area (Å²) in [6, 6.07) is 13.0. The average Bonchev–Trinajstić information content (AvgIpc) is 3.13. The highest BCUT2D eigenvalue weighted by Crippen LogP contribution is 2.38. The average molecular weight is 377 g/mol. The molecular formula is C19H18Cl2N2O2. The van der Waals surface area contributed by atoms with Gasteiger partial charge in [0, 0.05) is 24.4 Å². The van der Waals surface area contributed by atoms with Crippen LogP contribution >= 0.6 is 23.2 Å². The van der Waals surface area contributed by atoms with Crippen molar-refractivity contribution in [1.29, 1.82) is 0 Å². The zero-order chi connectivity index (χ0) is 17.4. The summed E-state index contributed by atoms with van der Waals surface area (Å²) in [5.41, 5.74) is 2.25. The fraction of sp³-hybridized carbons (Fsp3) is 0.316. The molecule has 1 fully saturated rings. The number of carbonyl (C=O) groups excluding carboxylic acids is 1. The van der Waals surface area contributed by atoms with Crippen molar-refractivity contribution in [3.8, 4) is 0 Å². The number of para-hydroxylation sites is 1. The molecule has 1 amide bonds. The number of benzene rings is 2. The molecule has 0 bridgehead atoms. The molecule has 2 aliphatic rings. The van der Waals surface area contributed by atoms with Gasteiger partial charge in [-0.2, -0.15) is 0 Å². The van der Waals surface area contributed by atoms with Gasteiger partial charge < -0.3 is 15.0 Å². The maximum absolute atomic E-state index is 13.1. The minimum atomic E-state index is -0.377. The lowest BCUT2D eigenvalue weighted by Gasteiger charge is -2.39. The van der Waals surface area contributed by atoms with Crippen molar-refractivity contribution >= 4 is 34.8 Å². The Morgan fingerprint density at radius 2 is 2.00 bits per heavy atom. The standard InChI is InChI=1S/C19H18Cl2N2O2/c20-15-8-3-7-14(17(15)21)18-22-16-9-2-1-6-13(16)19(24)23(18)11-12-5-4-10-25-12/h1-3,6-9,12,18,22H,4-5,10-11H2/t12-,18+/m0/s1. The molecule has 25 heavy (non-hydrogen) atoms. The van der Waals surface area contributed by atoms with E-state index in [9.17, 15) is 4.79 Å². The first kappa shape index (κ1) is 16.7. The Balaban J connectivity index is 1.75. The first-order chi connectivity index (χ1) is 12.1. The molecule has 2 aliphatic heterocycles. The van der Waals surface area contributed by atoms with Crippen LogP contribution in [0.15, 0.2) is 42.5 Å². The first-order valence-electron chi connectivity index (χ1n) is 8.37. The minimum absolute atomic E-state index is 0.0223. The smallest absolute Gasteiger partial charge is 0.257 e. The van der Waals surface area contributed by atoms with Crippen LogP contribution in [0.4, 0.5) is 5.69 Å². The molecule has 2 aromatic rings. The lowest BCUT2D eigenvalue weighted by atomic mass is 10.0. The van der Waals surface area contributed by atoms with E-state index >= 15 is 0 Å². The van der Waals surface area contributed by atoms with Crippen LogP contribution in [-0.2, 0) is 4.74 Å². The van der Waals surface area contributed by atoms with Crippen LogP contribution in [0, 0.1) is 0 Å². The molecule has 4 rings (SSSR count). The molecule has 4 nitrogen and oxygen atoms in total. The van der Waals surface area contributed by atoms with Gasteiger partial charge in [-0.1, -0.05) is 47.5 Å². The number of nitrogens with zero attached hydrogens (tertiary/aromatic N) is 1. The molecular weight excluding hydrogens is 359 g/mol. The molecule has 130 valence electrons. The molecule has 0 aromatic heterocycles. The number of nitrogens with one attached hydrogen (secondary N) is 1. The third kappa shape index (κ3) is 3.10. The van der Waals surface area contributed by atoms with Crippen LogP contribution in [0.25, 0.3) is 0 Å². The Morgan fingerprint density at radius 1 is 1.16 bits per heavy atom. The SMILES string of the molecule is O=C1c2ccccc2N[C@@H](c2cccc(Cl)c2Cl)N1C[C@@H]1CCCO1. The summed E-state index contributed by atoms with van der Waals surface area (Å²) in [5.74, 6) is -0.0223. The van der Waals surface area contributed by atoms with E-state index in [0.29, 0.717) is 22.2 Å². The number of anilines is 1. The molecule has 1 N–H and O–H groups in total. The molecule has 0 spiro atoms. The number of fused-ring (bicyclic) bond motifs is 1. The van der Waals surface area contributed by atoms with Crippen molar-refractivity contribution < 1.29 is 9.53 Å². The lowest BCUT2D eigenvalue weighted by molar-refractivity contribution is 0.0427. The predicted molar refractivity (Wildman–Crippen MR) is 99.3 cm³/mol. The van der Waals surface area contributed by atoms with E-state index in [-0.39, 0.29) is 18.2 Å². The highest BCUT2D eigenvalue weighted by molar-refractivity contribution is 6.42. The quantitative estimate of drug-likeness (QED) is 0.840. The minimum Gasteiger partial charge on any atom is -0.376 e. The number of rotatable bonds is 3. The maximum Gasteiger partial charge on any atom is 0.257 e. The summed E-state index contributed by atoms with van der Waals surface area (Å²) in [5, 5.41) is 4.38. The molecule has 2 heterocycles. The Hall–Kier alpha value is -1.75. The topological polar surface area (TPSA) is 41.6 Å².